The first-order valence-corrected chi connectivity index (χ1v) is 5.71. The summed E-state index contributed by atoms with van der Waals surface area (Å²) in [7, 11) is 0. The van der Waals surface area contributed by atoms with Gasteiger partial charge in [-0.15, -0.1) is 11.3 Å². The Morgan fingerprint density at radius 1 is 1.60 bits per heavy atom. The largest absolute Gasteiger partial charge is 0.369 e. The number of nitrogens with two attached hydrogens (primary N) is 1. The molecule has 1 aromatic heterocycles. The molecule has 84 valence electrons. The predicted octanol–water partition coefficient (Wildman–Crippen LogP) is 1.02. The zero-order valence-corrected chi connectivity index (χ0v) is 10.1. The van der Waals surface area contributed by atoms with Crippen molar-refractivity contribution in [1.29, 1.82) is 0 Å². The highest BCUT2D eigenvalue weighted by Gasteiger charge is 2.17. The number of nitrogens with one attached hydrogen (secondary N) is 1. The summed E-state index contributed by atoms with van der Waals surface area (Å²) in [5, 5.41) is 5.98. The summed E-state index contributed by atoms with van der Waals surface area (Å²) < 4.78 is 0. The predicted molar refractivity (Wildman–Crippen MR) is 61.7 cm³/mol. The molecule has 4 nitrogen and oxygen atoms in total. The van der Waals surface area contributed by atoms with Crippen molar-refractivity contribution in [2.24, 2.45) is 5.73 Å². The topological polar surface area (TPSA) is 68.0 Å². The van der Waals surface area contributed by atoms with E-state index in [-0.39, 0.29) is 17.9 Å². The molecule has 0 atom stereocenters. The van der Waals surface area contributed by atoms with E-state index in [4.69, 9.17) is 5.73 Å². The lowest BCUT2D eigenvalue weighted by atomic mass is 9.93. The first-order chi connectivity index (χ1) is 6.89. The van der Waals surface area contributed by atoms with Crippen molar-refractivity contribution in [1.82, 2.24) is 10.3 Å². The Labute approximate surface area is 93.9 Å². The molecule has 5 heteroatoms. The summed E-state index contributed by atoms with van der Waals surface area (Å²) in [6.45, 7) is 7.18. The van der Waals surface area contributed by atoms with Crippen molar-refractivity contribution in [3.05, 3.63) is 16.1 Å². The lowest BCUT2D eigenvalue weighted by molar-refractivity contribution is -0.117. The number of hydrogen-bond donors (Lipinski definition) is 2. The standard InChI is InChI=1S/C10H17N3OS/c1-10(2,3)7-6-15-9(13-7)5-12-4-8(11)14/h6,12H,4-5H2,1-3H3,(H2,11,14). The molecule has 1 heterocycles. The van der Waals surface area contributed by atoms with Crippen molar-refractivity contribution in [2.45, 2.75) is 32.7 Å². The minimum atomic E-state index is -0.345. The number of rotatable bonds is 4. The molecule has 0 unspecified atom stereocenters. The average molecular weight is 227 g/mol. The quantitative estimate of drug-likeness (QED) is 0.807. The van der Waals surface area contributed by atoms with E-state index >= 15 is 0 Å². The zero-order valence-electron chi connectivity index (χ0n) is 9.33. The molecule has 0 aliphatic heterocycles. The van der Waals surface area contributed by atoms with Gasteiger partial charge >= 0.3 is 0 Å². The number of hydrogen-bond acceptors (Lipinski definition) is 4. The third-order valence-electron chi connectivity index (χ3n) is 1.90. The number of carbonyl (C=O) groups is 1. The van der Waals surface area contributed by atoms with E-state index in [1.165, 1.54) is 0 Å². The first-order valence-electron chi connectivity index (χ1n) is 4.83. The van der Waals surface area contributed by atoms with Crippen LogP contribution in [0.1, 0.15) is 31.5 Å². The van der Waals surface area contributed by atoms with E-state index in [9.17, 15) is 4.79 Å². The molecule has 15 heavy (non-hydrogen) atoms. The van der Waals surface area contributed by atoms with Crippen LogP contribution in [0.5, 0.6) is 0 Å². The Bertz CT molecular complexity index is 341. The molecule has 0 spiro atoms. The van der Waals surface area contributed by atoms with Crippen LogP contribution in [0.25, 0.3) is 0 Å². The highest BCUT2D eigenvalue weighted by Crippen LogP contribution is 2.23. The summed E-state index contributed by atoms with van der Waals surface area (Å²) >= 11 is 1.60. The van der Waals surface area contributed by atoms with Gasteiger partial charge in [0.15, 0.2) is 0 Å². The minimum Gasteiger partial charge on any atom is -0.369 e. The summed E-state index contributed by atoms with van der Waals surface area (Å²) in [6, 6.07) is 0. The molecular weight excluding hydrogens is 210 g/mol. The van der Waals surface area contributed by atoms with Gasteiger partial charge in [-0.25, -0.2) is 4.98 Å². The fourth-order valence-corrected chi connectivity index (χ4v) is 2.02. The van der Waals surface area contributed by atoms with Crippen LogP contribution in [-0.4, -0.2) is 17.4 Å². The van der Waals surface area contributed by atoms with Gasteiger partial charge < -0.3 is 11.1 Å². The van der Waals surface area contributed by atoms with Crippen molar-refractivity contribution < 1.29 is 4.79 Å². The van der Waals surface area contributed by atoms with Crippen LogP contribution in [0.4, 0.5) is 0 Å². The van der Waals surface area contributed by atoms with E-state index in [0.717, 1.165) is 10.7 Å². The molecule has 0 bridgehead atoms. The Hall–Kier alpha value is -0.940. The van der Waals surface area contributed by atoms with E-state index in [0.29, 0.717) is 6.54 Å². The van der Waals surface area contributed by atoms with Crippen LogP contribution in [0.3, 0.4) is 0 Å². The van der Waals surface area contributed by atoms with E-state index in [1.807, 2.05) is 0 Å². The second-order valence-corrected chi connectivity index (χ2v) is 5.39. The second kappa shape index (κ2) is 4.72. The molecule has 1 amide bonds. The van der Waals surface area contributed by atoms with Crippen molar-refractivity contribution in [3.8, 4) is 0 Å². The Morgan fingerprint density at radius 2 is 2.27 bits per heavy atom. The summed E-state index contributed by atoms with van der Waals surface area (Å²) in [6.07, 6.45) is 0. The van der Waals surface area contributed by atoms with E-state index in [1.54, 1.807) is 11.3 Å². The third-order valence-corrected chi connectivity index (χ3v) is 2.74. The summed E-state index contributed by atoms with van der Waals surface area (Å²) in [5.41, 5.74) is 6.18. The molecule has 0 fully saturated rings. The molecular formula is C10H17N3OS. The SMILES string of the molecule is CC(C)(C)c1csc(CNCC(N)=O)n1. The van der Waals surface area contributed by atoms with Gasteiger partial charge in [0.1, 0.15) is 5.01 Å². The fraction of sp³-hybridized carbons (Fsp3) is 0.600. The number of primary amides is 1. The van der Waals surface area contributed by atoms with Crippen LogP contribution in [0.15, 0.2) is 5.38 Å². The van der Waals surface area contributed by atoms with Gasteiger partial charge in [-0.2, -0.15) is 0 Å². The third kappa shape index (κ3) is 3.97. The second-order valence-electron chi connectivity index (χ2n) is 4.45. The van der Waals surface area contributed by atoms with E-state index < -0.39 is 0 Å². The molecule has 0 radical (unpaired) electrons. The van der Waals surface area contributed by atoms with E-state index in [2.05, 4.69) is 36.5 Å². The van der Waals surface area contributed by atoms with Crippen LogP contribution >= 0.6 is 11.3 Å². The highest BCUT2D eigenvalue weighted by molar-refractivity contribution is 7.09. The molecule has 0 aromatic carbocycles. The van der Waals surface area contributed by atoms with Gasteiger partial charge in [0, 0.05) is 17.3 Å². The maximum Gasteiger partial charge on any atom is 0.231 e. The van der Waals surface area contributed by atoms with Crippen molar-refractivity contribution >= 4 is 17.2 Å². The molecule has 0 saturated carbocycles. The van der Waals surface area contributed by atoms with Crippen LogP contribution in [0.2, 0.25) is 0 Å². The lowest BCUT2D eigenvalue weighted by Crippen LogP contribution is -2.28. The molecule has 3 N–H and O–H groups in total. The van der Waals surface area contributed by atoms with Crippen LogP contribution < -0.4 is 11.1 Å². The van der Waals surface area contributed by atoms with Gasteiger partial charge in [0.25, 0.3) is 0 Å². The molecule has 0 aliphatic rings. The van der Waals surface area contributed by atoms with Gasteiger partial charge in [0.2, 0.25) is 5.91 Å². The zero-order chi connectivity index (χ0) is 11.5. The minimum absolute atomic E-state index is 0.0818. The number of amides is 1. The monoisotopic (exact) mass is 227 g/mol. The average Bonchev–Trinajstić information content (AvgIpc) is 2.51. The Morgan fingerprint density at radius 3 is 2.73 bits per heavy atom. The Balaban J connectivity index is 2.50. The number of nitrogens with zero attached hydrogens (tertiary/aromatic N) is 1. The normalized spacial score (nSPS) is 11.7. The van der Waals surface area contributed by atoms with Gasteiger partial charge in [0.05, 0.1) is 12.2 Å². The maximum absolute atomic E-state index is 10.5. The fourth-order valence-electron chi connectivity index (χ4n) is 1.03. The summed E-state index contributed by atoms with van der Waals surface area (Å²) in [5.74, 6) is -0.345. The molecule has 0 aliphatic carbocycles. The number of carbonyl (C=O) groups excluding carboxylic acids is 1. The highest BCUT2D eigenvalue weighted by atomic mass is 32.1. The lowest BCUT2D eigenvalue weighted by Gasteiger charge is -2.14. The van der Waals surface area contributed by atoms with Crippen molar-refractivity contribution in [3.63, 3.8) is 0 Å². The number of thiazole rings is 1. The molecule has 1 aromatic rings. The van der Waals surface area contributed by atoms with Crippen LogP contribution in [-0.2, 0) is 16.8 Å². The Kier molecular flexibility index (Phi) is 3.82. The number of aromatic nitrogens is 1. The maximum atomic E-state index is 10.5. The van der Waals surface area contributed by atoms with Gasteiger partial charge in [-0.3, -0.25) is 4.79 Å². The smallest absolute Gasteiger partial charge is 0.231 e. The molecule has 0 saturated heterocycles. The van der Waals surface area contributed by atoms with Gasteiger partial charge in [-0.05, 0) is 0 Å². The van der Waals surface area contributed by atoms with Crippen LogP contribution in [0, 0.1) is 0 Å². The van der Waals surface area contributed by atoms with Crippen molar-refractivity contribution in [2.75, 3.05) is 6.54 Å². The first kappa shape index (κ1) is 12.1. The van der Waals surface area contributed by atoms with Gasteiger partial charge in [-0.1, -0.05) is 20.8 Å². The summed E-state index contributed by atoms with van der Waals surface area (Å²) in [4.78, 5) is 15.0. The molecule has 1 rings (SSSR count).